The van der Waals surface area contributed by atoms with Crippen LogP contribution in [0.25, 0.3) is 0 Å². The van der Waals surface area contributed by atoms with Crippen molar-refractivity contribution in [3.05, 3.63) is 21.8 Å². The molecule has 7 nitrogen and oxygen atoms in total. The minimum Gasteiger partial charge on any atom is -0.465 e. The van der Waals surface area contributed by atoms with Crippen molar-refractivity contribution in [2.24, 2.45) is 0 Å². The molecule has 0 saturated carbocycles. The molecule has 1 aliphatic rings. The predicted molar refractivity (Wildman–Crippen MR) is 107 cm³/mol. The van der Waals surface area contributed by atoms with Crippen LogP contribution in [0.2, 0.25) is 0 Å². The van der Waals surface area contributed by atoms with Crippen LogP contribution in [0, 0.1) is 0 Å². The molecule has 27 heavy (non-hydrogen) atoms. The van der Waals surface area contributed by atoms with Crippen LogP contribution in [-0.2, 0) is 35.3 Å². The zero-order chi connectivity index (χ0) is 19.4. The quantitative estimate of drug-likeness (QED) is 0.533. The van der Waals surface area contributed by atoms with Crippen LogP contribution < -0.4 is 5.32 Å². The minimum absolute atomic E-state index is 0.158. The SMILES string of the molecule is CCCn1c(CC)nnc1SCC(=O)Nc1sc2c(c1C(=O)OC)CCC2. The van der Waals surface area contributed by atoms with Crippen molar-refractivity contribution in [2.75, 3.05) is 18.2 Å². The van der Waals surface area contributed by atoms with E-state index >= 15 is 0 Å². The molecule has 0 aliphatic heterocycles. The van der Waals surface area contributed by atoms with E-state index in [0.717, 1.165) is 55.2 Å². The zero-order valence-corrected chi connectivity index (χ0v) is 17.5. The number of anilines is 1. The number of esters is 1. The molecule has 0 aromatic carbocycles. The third kappa shape index (κ3) is 4.19. The van der Waals surface area contributed by atoms with Gasteiger partial charge in [-0.2, -0.15) is 0 Å². The fraction of sp³-hybridized carbons (Fsp3) is 0.556. The summed E-state index contributed by atoms with van der Waals surface area (Å²) >= 11 is 2.85. The van der Waals surface area contributed by atoms with Gasteiger partial charge in [-0.3, -0.25) is 4.79 Å². The van der Waals surface area contributed by atoms with Crippen molar-refractivity contribution in [2.45, 2.75) is 57.7 Å². The molecular formula is C18H24N4O3S2. The molecule has 0 spiro atoms. The first-order valence-corrected chi connectivity index (χ1v) is 11.0. The summed E-state index contributed by atoms with van der Waals surface area (Å²) in [6.45, 7) is 4.98. The van der Waals surface area contributed by atoms with E-state index in [-0.39, 0.29) is 17.6 Å². The number of carbonyl (C=O) groups is 2. The maximum Gasteiger partial charge on any atom is 0.341 e. The topological polar surface area (TPSA) is 86.1 Å². The van der Waals surface area contributed by atoms with Gasteiger partial charge < -0.3 is 14.6 Å². The molecule has 2 heterocycles. The highest BCUT2D eigenvalue weighted by atomic mass is 32.2. The maximum atomic E-state index is 12.5. The standard InChI is InChI=1S/C18H24N4O3S2/c1-4-9-22-13(5-2)20-21-18(22)26-10-14(23)19-16-15(17(24)25-3)11-7-6-8-12(11)27-16/h4-10H2,1-3H3,(H,19,23). The fourth-order valence-corrected chi connectivity index (χ4v) is 5.32. The highest BCUT2D eigenvalue weighted by molar-refractivity contribution is 7.99. The lowest BCUT2D eigenvalue weighted by Crippen LogP contribution is -2.16. The number of ether oxygens (including phenoxy) is 1. The molecule has 2 aromatic rings. The molecule has 0 saturated heterocycles. The number of aromatic nitrogens is 3. The number of fused-ring (bicyclic) bond motifs is 1. The van der Waals surface area contributed by atoms with Gasteiger partial charge in [-0.05, 0) is 31.2 Å². The fourth-order valence-electron chi connectivity index (χ4n) is 3.24. The number of nitrogens with one attached hydrogen (secondary N) is 1. The Morgan fingerprint density at radius 2 is 2.11 bits per heavy atom. The molecule has 3 rings (SSSR count). The molecule has 9 heteroatoms. The van der Waals surface area contributed by atoms with E-state index in [4.69, 9.17) is 4.74 Å². The van der Waals surface area contributed by atoms with Gasteiger partial charge in [0, 0.05) is 17.8 Å². The van der Waals surface area contributed by atoms with Crippen LogP contribution in [0.3, 0.4) is 0 Å². The average molecular weight is 409 g/mol. The van der Waals surface area contributed by atoms with E-state index in [1.165, 1.54) is 35.1 Å². The molecule has 0 unspecified atom stereocenters. The molecular weight excluding hydrogens is 384 g/mol. The second-order valence-electron chi connectivity index (χ2n) is 6.29. The van der Waals surface area contributed by atoms with Crippen LogP contribution in [-0.4, -0.2) is 39.5 Å². The number of carbonyl (C=O) groups excluding carboxylic acids is 2. The molecule has 0 fully saturated rings. The van der Waals surface area contributed by atoms with E-state index in [2.05, 4.69) is 27.0 Å². The Kier molecular flexibility index (Phi) is 6.54. The summed E-state index contributed by atoms with van der Waals surface area (Å²) in [5, 5.41) is 12.7. The summed E-state index contributed by atoms with van der Waals surface area (Å²) in [5.41, 5.74) is 1.56. The average Bonchev–Trinajstić information content (AvgIpc) is 3.34. The number of hydrogen-bond donors (Lipinski definition) is 1. The smallest absolute Gasteiger partial charge is 0.341 e. The van der Waals surface area contributed by atoms with Crippen molar-refractivity contribution in [1.29, 1.82) is 0 Å². The van der Waals surface area contributed by atoms with E-state index < -0.39 is 0 Å². The Morgan fingerprint density at radius 1 is 1.30 bits per heavy atom. The third-order valence-electron chi connectivity index (χ3n) is 4.45. The largest absolute Gasteiger partial charge is 0.465 e. The van der Waals surface area contributed by atoms with Gasteiger partial charge in [0.1, 0.15) is 10.8 Å². The number of thioether (sulfide) groups is 1. The highest BCUT2D eigenvalue weighted by Gasteiger charge is 2.28. The summed E-state index contributed by atoms with van der Waals surface area (Å²) in [6.07, 6.45) is 4.65. The van der Waals surface area contributed by atoms with E-state index in [0.29, 0.717) is 10.6 Å². The Labute approximate surface area is 166 Å². The first kappa shape index (κ1) is 19.9. The Balaban J connectivity index is 1.69. The monoisotopic (exact) mass is 408 g/mol. The number of methoxy groups -OCH3 is 1. The molecule has 0 atom stereocenters. The lowest BCUT2D eigenvalue weighted by molar-refractivity contribution is -0.113. The van der Waals surface area contributed by atoms with Crippen molar-refractivity contribution >= 4 is 40.0 Å². The number of hydrogen-bond acceptors (Lipinski definition) is 7. The molecule has 146 valence electrons. The number of aryl methyl sites for hydroxylation is 2. The van der Waals surface area contributed by atoms with Crippen LogP contribution >= 0.6 is 23.1 Å². The summed E-state index contributed by atoms with van der Waals surface area (Å²) in [5.74, 6) is 0.610. The van der Waals surface area contributed by atoms with Gasteiger partial charge in [0.2, 0.25) is 5.91 Å². The van der Waals surface area contributed by atoms with Gasteiger partial charge in [-0.25, -0.2) is 4.79 Å². The van der Waals surface area contributed by atoms with Crippen molar-refractivity contribution in [3.63, 3.8) is 0 Å². The highest BCUT2D eigenvalue weighted by Crippen LogP contribution is 2.39. The van der Waals surface area contributed by atoms with Gasteiger partial charge in [0.05, 0.1) is 18.4 Å². The Morgan fingerprint density at radius 3 is 2.81 bits per heavy atom. The first-order valence-electron chi connectivity index (χ1n) is 9.16. The van der Waals surface area contributed by atoms with Crippen molar-refractivity contribution in [3.8, 4) is 0 Å². The van der Waals surface area contributed by atoms with Crippen molar-refractivity contribution in [1.82, 2.24) is 14.8 Å². The summed E-state index contributed by atoms with van der Waals surface area (Å²) < 4.78 is 6.99. The van der Waals surface area contributed by atoms with Gasteiger partial charge in [0.25, 0.3) is 0 Å². The second kappa shape index (κ2) is 8.88. The summed E-state index contributed by atoms with van der Waals surface area (Å²) in [7, 11) is 1.37. The number of rotatable bonds is 8. The van der Waals surface area contributed by atoms with Gasteiger partial charge >= 0.3 is 5.97 Å². The predicted octanol–water partition coefficient (Wildman–Crippen LogP) is 3.32. The molecule has 0 radical (unpaired) electrons. The number of amides is 1. The lowest BCUT2D eigenvalue weighted by atomic mass is 10.1. The van der Waals surface area contributed by atoms with Crippen LogP contribution in [0.5, 0.6) is 0 Å². The molecule has 0 bridgehead atoms. The molecule has 1 amide bonds. The Bertz CT molecular complexity index is 844. The molecule has 1 aliphatic carbocycles. The van der Waals surface area contributed by atoms with Gasteiger partial charge in [-0.1, -0.05) is 25.6 Å². The molecule has 1 N–H and O–H groups in total. The lowest BCUT2D eigenvalue weighted by Gasteiger charge is -2.08. The summed E-state index contributed by atoms with van der Waals surface area (Å²) in [4.78, 5) is 25.8. The van der Waals surface area contributed by atoms with E-state index in [1.807, 2.05) is 6.92 Å². The van der Waals surface area contributed by atoms with Crippen LogP contribution in [0.1, 0.15) is 53.3 Å². The number of thiophene rings is 1. The molecule has 2 aromatic heterocycles. The van der Waals surface area contributed by atoms with Gasteiger partial charge in [0.15, 0.2) is 5.16 Å². The van der Waals surface area contributed by atoms with Crippen LogP contribution in [0.15, 0.2) is 5.16 Å². The maximum absolute atomic E-state index is 12.5. The van der Waals surface area contributed by atoms with E-state index in [9.17, 15) is 9.59 Å². The first-order chi connectivity index (χ1) is 13.1. The minimum atomic E-state index is -0.382. The Hall–Kier alpha value is -1.87. The van der Waals surface area contributed by atoms with Crippen molar-refractivity contribution < 1.29 is 14.3 Å². The summed E-state index contributed by atoms with van der Waals surface area (Å²) in [6, 6.07) is 0. The third-order valence-corrected chi connectivity index (χ3v) is 6.63. The second-order valence-corrected chi connectivity index (χ2v) is 8.34. The normalized spacial score (nSPS) is 12.9. The van der Waals surface area contributed by atoms with E-state index in [1.54, 1.807) is 0 Å². The van der Waals surface area contributed by atoms with Gasteiger partial charge in [-0.15, -0.1) is 21.5 Å². The zero-order valence-electron chi connectivity index (χ0n) is 15.8. The van der Waals surface area contributed by atoms with Crippen LogP contribution in [0.4, 0.5) is 5.00 Å². The number of nitrogens with zero attached hydrogens (tertiary/aromatic N) is 3.